The summed E-state index contributed by atoms with van der Waals surface area (Å²) in [6.45, 7) is 1.66. The van der Waals surface area contributed by atoms with E-state index in [9.17, 15) is 4.79 Å². The van der Waals surface area contributed by atoms with Gasteiger partial charge in [-0.1, -0.05) is 0 Å². The van der Waals surface area contributed by atoms with Crippen molar-refractivity contribution in [1.29, 1.82) is 0 Å². The number of carbonyl (C=O) groups is 1. The van der Waals surface area contributed by atoms with Gasteiger partial charge in [-0.3, -0.25) is 0 Å². The third-order valence-corrected chi connectivity index (χ3v) is 1.03. The fraction of sp³-hybridized carbons (Fsp3) is 0.750. The van der Waals surface area contributed by atoms with E-state index in [1.165, 1.54) is 0 Å². The monoisotopic (exact) mass is 156 g/mol. The zero-order valence-electron chi connectivity index (χ0n) is 4.36. The molecule has 0 aromatic heterocycles. The lowest BCUT2D eigenvalue weighted by atomic mass is 10.5. The van der Waals surface area contributed by atoms with E-state index in [4.69, 9.17) is 23.2 Å². The highest BCUT2D eigenvalue weighted by Gasteiger charge is 2.02. The van der Waals surface area contributed by atoms with Crippen LogP contribution in [0.5, 0.6) is 0 Å². The predicted octanol–water partition coefficient (Wildman–Crippen LogP) is 1.99. The van der Waals surface area contributed by atoms with Crippen LogP contribution >= 0.6 is 23.2 Å². The van der Waals surface area contributed by atoms with Crippen molar-refractivity contribution in [3.05, 3.63) is 0 Å². The summed E-state index contributed by atoms with van der Waals surface area (Å²) in [4.78, 5) is 9.90. The maximum Gasteiger partial charge on any atom is 0.404 e. The van der Waals surface area contributed by atoms with Crippen molar-refractivity contribution in [3.63, 3.8) is 0 Å². The third kappa shape index (κ3) is 4.22. The first-order valence-electron chi connectivity index (χ1n) is 2.09. The molecule has 0 saturated carbocycles. The largest absolute Gasteiger partial charge is 0.449 e. The van der Waals surface area contributed by atoms with E-state index in [0.29, 0.717) is 0 Å². The van der Waals surface area contributed by atoms with Crippen LogP contribution in [0.1, 0.15) is 6.92 Å². The summed E-state index contributed by atoms with van der Waals surface area (Å²) < 4.78 is 4.39. The van der Waals surface area contributed by atoms with Gasteiger partial charge in [-0.25, -0.2) is 4.79 Å². The van der Waals surface area contributed by atoms with Gasteiger partial charge < -0.3 is 4.74 Å². The summed E-state index contributed by atoms with van der Waals surface area (Å²) in [5.41, 5.74) is -0.807. The second kappa shape index (κ2) is 3.98. The average molecular weight is 157 g/mol. The summed E-state index contributed by atoms with van der Waals surface area (Å²) in [5, 5.41) is 0. The van der Waals surface area contributed by atoms with E-state index >= 15 is 0 Å². The fourth-order valence-electron chi connectivity index (χ4n) is 0.190. The molecule has 0 aliphatic rings. The molecule has 0 aliphatic carbocycles. The first kappa shape index (κ1) is 8.05. The Hall–Kier alpha value is 0.0500. The van der Waals surface area contributed by atoms with Gasteiger partial charge in [0.05, 0.1) is 5.88 Å². The zero-order chi connectivity index (χ0) is 6.57. The van der Waals surface area contributed by atoms with Crippen LogP contribution in [0.2, 0.25) is 0 Å². The zero-order valence-corrected chi connectivity index (χ0v) is 5.87. The highest BCUT2D eigenvalue weighted by molar-refractivity contribution is 6.61. The van der Waals surface area contributed by atoms with Crippen molar-refractivity contribution in [2.24, 2.45) is 0 Å². The number of halogens is 2. The van der Waals surface area contributed by atoms with Crippen molar-refractivity contribution >= 4 is 28.6 Å². The Kier molecular flexibility index (Phi) is 4.01. The molecule has 0 saturated heterocycles. The van der Waals surface area contributed by atoms with E-state index in [2.05, 4.69) is 4.74 Å². The Morgan fingerprint density at radius 2 is 2.38 bits per heavy atom. The van der Waals surface area contributed by atoms with Gasteiger partial charge in [0.2, 0.25) is 0 Å². The molecule has 2 nitrogen and oxygen atoms in total. The van der Waals surface area contributed by atoms with Gasteiger partial charge in [0.15, 0.2) is 0 Å². The lowest BCUT2D eigenvalue weighted by Gasteiger charge is -2.03. The molecule has 0 unspecified atom stereocenters. The third-order valence-electron chi connectivity index (χ3n) is 0.511. The number of rotatable bonds is 2. The molecule has 4 heteroatoms. The maximum atomic E-state index is 9.90. The van der Waals surface area contributed by atoms with Crippen LogP contribution in [-0.2, 0) is 4.74 Å². The van der Waals surface area contributed by atoms with Gasteiger partial charge in [-0.05, 0) is 6.92 Å². The Labute approximate surface area is 57.7 Å². The molecule has 0 radical (unpaired) electrons. The van der Waals surface area contributed by atoms with Crippen LogP contribution in [0, 0.1) is 0 Å². The summed E-state index contributed by atoms with van der Waals surface area (Å²) in [6.07, 6.45) is -0.290. The Balaban J connectivity index is 3.24. The molecule has 0 aromatic rings. The Morgan fingerprint density at radius 1 is 1.88 bits per heavy atom. The SMILES string of the molecule is C[C@@H](CCl)OC(=O)Cl. The normalized spacial score (nSPS) is 12.9. The lowest BCUT2D eigenvalue weighted by Crippen LogP contribution is -2.10. The molecule has 48 valence electrons. The number of alkyl halides is 1. The highest BCUT2D eigenvalue weighted by Crippen LogP contribution is 1.96. The lowest BCUT2D eigenvalue weighted by molar-refractivity contribution is 0.142. The molecule has 0 heterocycles. The number of hydrogen-bond acceptors (Lipinski definition) is 2. The topological polar surface area (TPSA) is 26.3 Å². The predicted molar refractivity (Wildman–Crippen MR) is 32.5 cm³/mol. The van der Waals surface area contributed by atoms with Crippen molar-refractivity contribution in [3.8, 4) is 0 Å². The molecule has 0 aromatic carbocycles. The number of carbonyl (C=O) groups excluding carboxylic acids is 1. The molecule has 0 bridgehead atoms. The highest BCUT2D eigenvalue weighted by atomic mass is 35.5. The van der Waals surface area contributed by atoms with Gasteiger partial charge in [-0.2, -0.15) is 0 Å². The summed E-state index contributed by atoms with van der Waals surface area (Å²) in [7, 11) is 0. The maximum absolute atomic E-state index is 9.90. The Bertz CT molecular complexity index is 84.1. The van der Waals surface area contributed by atoms with Crippen LogP contribution in [0.4, 0.5) is 4.79 Å². The van der Waals surface area contributed by atoms with Gasteiger partial charge >= 0.3 is 5.43 Å². The minimum atomic E-state index is -0.807. The summed E-state index contributed by atoms with van der Waals surface area (Å²) >= 11 is 10.1. The first-order valence-corrected chi connectivity index (χ1v) is 3.00. The van der Waals surface area contributed by atoms with Crippen LogP contribution in [0.25, 0.3) is 0 Å². The van der Waals surface area contributed by atoms with Crippen molar-refractivity contribution in [2.45, 2.75) is 13.0 Å². The van der Waals surface area contributed by atoms with E-state index < -0.39 is 5.43 Å². The molecule has 1 atom stereocenters. The average Bonchev–Trinajstić information content (AvgIpc) is 1.65. The molecule has 0 spiro atoms. The minimum Gasteiger partial charge on any atom is -0.449 e. The molecule has 0 rings (SSSR count). The molecular formula is C4H6Cl2O2. The van der Waals surface area contributed by atoms with Crippen LogP contribution < -0.4 is 0 Å². The molecule has 0 N–H and O–H groups in total. The van der Waals surface area contributed by atoms with Gasteiger partial charge in [0.1, 0.15) is 6.10 Å². The van der Waals surface area contributed by atoms with E-state index in [-0.39, 0.29) is 12.0 Å². The fourth-order valence-corrected chi connectivity index (χ4v) is 0.405. The van der Waals surface area contributed by atoms with Crippen LogP contribution in [0.3, 0.4) is 0 Å². The van der Waals surface area contributed by atoms with E-state index in [0.717, 1.165) is 0 Å². The molecule has 8 heavy (non-hydrogen) atoms. The van der Waals surface area contributed by atoms with Gasteiger partial charge in [0, 0.05) is 11.6 Å². The second-order valence-electron chi connectivity index (χ2n) is 1.32. The minimum absolute atomic E-state index is 0.276. The first-order chi connectivity index (χ1) is 3.66. The smallest absolute Gasteiger partial charge is 0.404 e. The quantitative estimate of drug-likeness (QED) is 0.452. The molecule has 0 fully saturated rings. The van der Waals surface area contributed by atoms with Gasteiger partial charge in [0.25, 0.3) is 0 Å². The van der Waals surface area contributed by atoms with E-state index in [1.54, 1.807) is 6.92 Å². The molecular weight excluding hydrogens is 151 g/mol. The van der Waals surface area contributed by atoms with Gasteiger partial charge in [-0.15, -0.1) is 11.6 Å². The van der Waals surface area contributed by atoms with E-state index in [1.807, 2.05) is 0 Å². The summed E-state index contributed by atoms with van der Waals surface area (Å²) in [5.74, 6) is 0.276. The molecule has 0 amide bonds. The van der Waals surface area contributed by atoms with Crippen molar-refractivity contribution in [1.82, 2.24) is 0 Å². The number of ether oxygens (including phenoxy) is 1. The van der Waals surface area contributed by atoms with Crippen LogP contribution in [-0.4, -0.2) is 17.4 Å². The standard InChI is InChI=1S/C4H6Cl2O2/c1-3(2-5)8-4(6)7/h3H,2H2,1H3/t3-/m0/s1. The second-order valence-corrected chi connectivity index (χ2v) is 1.94. The van der Waals surface area contributed by atoms with Crippen LogP contribution in [0.15, 0.2) is 0 Å². The van der Waals surface area contributed by atoms with Crippen molar-refractivity contribution in [2.75, 3.05) is 5.88 Å². The molecule has 0 aliphatic heterocycles. The summed E-state index contributed by atoms with van der Waals surface area (Å²) in [6, 6.07) is 0. The Morgan fingerprint density at radius 3 is 2.50 bits per heavy atom. The number of hydrogen-bond donors (Lipinski definition) is 0. The van der Waals surface area contributed by atoms with Crippen molar-refractivity contribution < 1.29 is 9.53 Å².